The molecule has 0 spiro atoms. The highest BCUT2D eigenvalue weighted by Crippen LogP contribution is 2.27. The Morgan fingerprint density at radius 2 is 2.36 bits per heavy atom. The Morgan fingerprint density at radius 1 is 1.57 bits per heavy atom. The van der Waals surface area contributed by atoms with Crippen molar-refractivity contribution in [1.29, 1.82) is 0 Å². The molecule has 1 fully saturated rings. The molecule has 14 heavy (non-hydrogen) atoms. The summed E-state index contributed by atoms with van der Waals surface area (Å²) in [6.07, 6.45) is 0. The highest BCUT2D eigenvalue weighted by atomic mass is 35.5. The summed E-state index contributed by atoms with van der Waals surface area (Å²) in [6.45, 7) is 3.85. The Hall–Kier alpha value is -0.380. The highest BCUT2D eigenvalue weighted by Gasteiger charge is 2.30. The topological polar surface area (TPSA) is 29.1 Å². The van der Waals surface area contributed by atoms with Gasteiger partial charge in [-0.3, -0.25) is 4.79 Å². The Morgan fingerprint density at radius 3 is 2.86 bits per heavy atom. The smallest absolute Gasteiger partial charge is 0.177 e. The molecule has 1 aliphatic rings. The number of hydrogen-bond donors (Lipinski definition) is 1. The van der Waals surface area contributed by atoms with Gasteiger partial charge in [-0.2, -0.15) is 0 Å². The zero-order valence-corrected chi connectivity index (χ0v) is 9.49. The second kappa shape index (κ2) is 4.01. The van der Waals surface area contributed by atoms with Crippen LogP contribution in [0.25, 0.3) is 0 Å². The number of Topliss-reactive ketones (excluding diaryl/α,β-unsaturated/α-hetero) is 1. The molecule has 1 aliphatic heterocycles. The molecule has 2 atom stereocenters. The van der Waals surface area contributed by atoms with E-state index in [4.69, 9.17) is 11.6 Å². The molecule has 0 aliphatic carbocycles. The van der Waals surface area contributed by atoms with Gasteiger partial charge in [-0.05, 0) is 24.6 Å². The average molecular weight is 230 g/mol. The van der Waals surface area contributed by atoms with Crippen molar-refractivity contribution in [3.8, 4) is 0 Å². The third-order valence-corrected chi connectivity index (χ3v) is 3.92. The first-order valence-corrected chi connectivity index (χ1v) is 5.88. The quantitative estimate of drug-likeness (QED) is 0.790. The van der Waals surface area contributed by atoms with Gasteiger partial charge in [-0.25, -0.2) is 0 Å². The van der Waals surface area contributed by atoms with Crippen LogP contribution in [0.3, 0.4) is 0 Å². The third-order valence-electron chi connectivity index (χ3n) is 2.67. The number of carbonyl (C=O) groups is 1. The summed E-state index contributed by atoms with van der Waals surface area (Å²) in [4.78, 5) is 12.8. The molecule has 2 nitrogen and oxygen atoms in total. The van der Waals surface area contributed by atoms with Crippen LogP contribution >= 0.6 is 22.9 Å². The first-order valence-electron chi connectivity index (χ1n) is 4.69. The van der Waals surface area contributed by atoms with Crippen LogP contribution in [0, 0.1) is 11.8 Å². The minimum absolute atomic E-state index is 0.129. The molecule has 0 bridgehead atoms. The predicted octanol–water partition coefficient (Wildman–Crippen LogP) is 2.44. The van der Waals surface area contributed by atoms with E-state index in [2.05, 4.69) is 12.2 Å². The van der Waals surface area contributed by atoms with E-state index in [1.54, 1.807) is 6.07 Å². The minimum atomic E-state index is 0.129. The zero-order valence-electron chi connectivity index (χ0n) is 7.92. The van der Waals surface area contributed by atoms with Crippen LogP contribution in [0.15, 0.2) is 12.1 Å². The molecule has 0 amide bonds. The number of thiophene rings is 1. The zero-order chi connectivity index (χ0) is 10.1. The van der Waals surface area contributed by atoms with Crippen LogP contribution in [-0.2, 0) is 0 Å². The summed E-state index contributed by atoms with van der Waals surface area (Å²) in [5.41, 5.74) is 0. The van der Waals surface area contributed by atoms with Crippen molar-refractivity contribution in [3.05, 3.63) is 21.3 Å². The maximum Gasteiger partial charge on any atom is 0.177 e. The van der Waals surface area contributed by atoms with Crippen molar-refractivity contribution >= 4 is 28.7 Å². The van der Waals surface area contributed by atoms with Crippen molar-refractivity contribution in [1.82, 2.24) is 5.32 Å². The van der Waals surface area contributed by atoms with Crippen molar-refractivity contribution in [3.63, 3.8) is 0 Å². The second-order valence-electron chi connectivity index (χ2n) is 3.71. The molecule has 2 unspecified atom stereocenters. The summed E-state index contributed by atoms with van der Waals surface area (Å²) < 4.78 is 0.687. The molecule has 2 rings (SSSR count). The van der Waals surface area contributed by atoms with Crippen LogP contribution in [0.2, 0.25) is 4.34 Å². The van der Waals surface area contributed by atoms with Crippen LogP contribution in [-0.4, -0.2) is 18.9 Å². The summed E-state index contributed by atoms with van der Waals surface area (Å²) in [7, 11) is 0. The van der Waals surface area contributed by atoms with Crippen molar-refractivity contribution in [2.75, 3.05) is 13.1 Å². The lowest BCUT2D eigenvalue weighted by molar-refractivity contribution is 0.0912. The molecule has 1 N–H and O–H groups in total. The molecule has 0 aromatic carbocycles. The van der Waals surface area contributed by atoms with Gasteiger partial charge in [0.05, 0.1) is 9.21 Å². The van der Waals surface area contributed by atoms with Gasteiger partial charge in [0.1, 0.15) is 0 Å². The molecular formula is C10H12ClNOS. The number of nitrogens with one attached hydrogen (secondary N) is 1. The average Bonchev–Trinajstić information content (AvgIpc) is 2.73. The van der Waals surface area contributed by atoms with Crippen LogP contribution in [0.1, 0.15) is 16.6 Å². The van der Waals surface area contributed by atoms with E-state index in [0.717, 1.165) is 18.0 Å². The number of hydrogen-bond acceptors (Lipinski definition) is 3. The van der Waals surface area contributed by atoms with E-state index in [1.165, 1.54) is 11.3 Å². The van der Waals surface area contributed by atoms with Gasteiger partial charge in [0, 0.05) is 12.5 Å². The van der Waals surface area contributed by atoms with E-state index < -0.39 is 0 Å². The lowest BCUT2D eigenvalue weighted by atomic mass is 9.93. The molecule has 0 saturated carbocycles. The van der Waals surface area contributed by atoms with Gasteiger partial charge in [0.2, 0.25) is 0 Å². The van der Waals surface area contributed by atoms with Crippen LogP contribution in [0.4, 0.5) is 0 Å². The van der Waals surface area contributed by atoms with Gasteiger partial charge < -0.3 is 5.32 Å². The second-order valence-corrected chi connectivity index (χ2v) is 5.43. The van der Waals surface area contributed by atoms with E-state index >= 15 is 0 Å². The molecule has 2 heterocycles. The maximum atomic E-state index is 12.0. The maximum absolute atomic E-state index is 12.0. The SMILES string of the molecule is CC1CNCC1C(=O)c1ccc(Cl)s1. The third kappa shape index (κ3) is 1.85. The molecule has 1 aromatic rings. The van der Waals surface area contributed by atoms with E-state index in [9.17, 15) is 4.79 Å². The fourth-order valence-electron chi connectivity index (χ4n) is 1.79. The summed E-state index contributed by atoms with van der Waals surface area (Å²) in [5.74, 6) is 0.799. The summed E-state index contributed by atoms with van der Waals surface area (Å²) >= 11 is 7.17. The predicted molar refractivity (Wildman–Crippen MR) is 59.2 cm³/mol. The van der Waals surface area contributed by atoms with E-state index in [0.29, 0.717) is 10.3 Å². The number of halogens is 1. The van der Waals surface area contributed by atoms with Crippen molar-refractivity contribution < 1.29 is 4.79 Å². The van der Waals surface area contributed by atoms with Crippen LogP contribution < -0.4 is 5.32 Å². The largest absolute Gasteiger partial charge is 0.316 e. The number of carbonyl (C=O) groups excluding carboxylic acids is 1. The van der Waals surface area contributed by atoms with Crippen molar-refractivity contribution in [2.24, 2.45) is 11.8 Å². The fourth-order valence-corrected chi connectivity index (χ4v) is 2.84. The Balaban J connectivity index is 2.15. The Labute approximate surface area is 92.3 Å². The number of rotatable bonds is 2. The molecule has 1 saturated heterocycles. The van der Waals surface area contributed by atoms with Gasteiger partial charge in [-0.1, -0.05) is 18.5 Å². The van der Waals surface area contributed by atoms with Gasteiger partial charge in [0.25, 0.3) is 0 Å². The molecule has 0 radical (unpaired) electrons. The number of ketones is 1. The summed E-state index contributed by atoms with van der Waals surface area (Å²) in [6, 6.07) is 3.60. The molecule has 4 heteroatoms. The first-order chi connectivity index (χ1) is 6.68. The first kappa shape index (κ1) is 10.1. The van der Waals surface area contributed by atoms with Gasteiger partial charge >= 0.3 is 0 Å². The van der Waals surface area contributed by atoms with Crippen LogP contribution in [0.5, 0.6) is 0 Å². The minimum Gasteiger partial charge on any atom is -0.316 e. The Kier molecular flexibility index (Phi) is 2.91. The molecule has 76 valence electrons. The molecule has 1 aromatic heterocycles. The standard InChI is InChI=1S/C10H12ClNOS/c1-6-4-12-5-7(6)10(13)8-2-3-9(11)14-8/h2-3,6-7,12H,4-5H2,1H3. The van der Waals surface area contributed by atoms with Gasteiger partial charge in [0.15, 0.2) is 5.78 Å². The Bertz CT molecular complexity index is 350. The van der Waals surface area contributed by atoms with E-state index in [-0.39, 0.29) is 11.7 Å². The fraction of sp³-hybridized carbons (Fsp3) is 0.500. The van der Waals surface area contributed by atoms with Crippen molar-refractivity contribution in [2.45, 2.75) is 6.92 Å². The lowest BCUT2D eigenvalue weighted by Crippen LogP contribution is -2.20. The summed E-state index contributed by atoms with van der Waals surface area (Å²) in [5, 5.41) is 3.23. The van der Waals surface area contributed by atoms with Gasteiger partial charge in [-0.15, -0.1) is 11.3 Å². The molecular weight excluding hydrogens is 218 g/mol. The monoisotopic (exact) mass is 229 g/mol. The highest BCUT2D eigenvalue weighted by molar-refractivity contribution is 7.18. The normalized spacial score (nSPS) is 26.7. The lowest BCUT2D eigenvalue weighted by Gasteiger charge is -2.10. The van der Waals surface area contributed by atoms with E-state index in [1.807, 2.05) is 6.07 Å².